The largest absolute Gasteiger partial charge is 0.542 e. The zero-order valence-electron chi connectivity index (χ0n) is 45.9. The highest BCUT2D eigenvalue weighted by Crippen LogP contribution is 2.54. The number of fused-ring (bicyclic) bond motifs is 2. The SMILES string of the molecule is CC(C)[Si](OC1=C(CCC2=C(O[Si](C(C)C)(C(C)C)C(C)C)c3cccc(O[Si](C(C)C)(C(C)C)C(C)C)c3C2)Cc2c(O[Si](C(C)C)(C(C)C)C(C)C)cccc21)(C(C)C)C(C)C. The summed E-state index contributed by atoms with van der Waals surface area (Å²) >= 11 is 0. The average molecular weight is 948 g/mol. The minimum atomic E-state index is -2.31. The Kier molecular flexibility index (Phi) is 18.0. The maximum absolute atomic E-state index is 7.89. The van der Waals surface area contributed by atoms with Crippen LogP contribution in [0.1, 0.15) is 201 Å². The van der Waals surface area contributed by atoms with E-state index in [1.165, 1.54) is 33.4 Å². The Morgan fingerprint density at radius 2 is 0.547 bits per heavy atom. The van der Waals surface area contributed by atoms with Crippen LogP contribution < -0.4 is 8.85 Å². The molecular weight excluding hydrogens is 849 g/mol. The molecule has 64 heavy (non-hydrogen) atoms. The van der Waals surface area contributed by atoms with E-state index in [9.17, 15) is 0 Å². The van der Waals surface area contributed by atoms with Crippen LogP contribution in [0.4, 0.5) is 0 Å². The van der Waals surface area contributed by atoms with Gasteiger partial charge in [0.05, 0.1) is 0 Å². The Balaban J connectivity index is 1.96. The van der Waals surface area contributed by atoms with Gasteiger partial charge in [-0.3, -0.25) is 0 Å². The summed E-state index contributed by atoms with van der Waals surface area (Å²) in [6, 6.07) is 13.7. The summed E-state index contributed by atoms with van der Waals surface area (Å²) in [6.07, 6.45) is 3.60. The van der Waals surface area contributed by atoms with Crippen molar-refractivity contribution >= 4 is 44.8 Å². The van der Waals surface area contributed by atoms with Gasteiger partial charge in [0.15, 0.2) is 0 Å². The first-order chi connectivity index (χ1) is 29.6. The quantitative estimate of drug-likeness (QED) is 0.104. The number of allylic oxidation sites excluding steroid dienone is 2. The van der Waals surface area contributed by atoms with E-state index in [-0.39, 0.29) is 0 Å². The molecule has 0 aliphatic heterocycles. The predicted molar refractivity (Wildman–Crippen MR) is 291 cm³/mol. The molecule has 0 fully saturated rings. The second-order valence-electron chi connectivity index (χ2n) is 24.0. The molecule has 0 N–H and O–H groups in total. The van der Waals surface area contributed by atoms with Crippen LogP contribution in [0.25, 0.3) is 11.5 Å². The number of rotatable bonds is 23. The first-order valence-electron chi connectivity index (χ1n) is 26.1. The van der Waals surface area contributed by atoms with E-state index < -0.39 is 33.3 Å². The van der Waals surface area contributed by atoms with Crippen molar-refractivity contribution in [1.82, 2.24) is 0 Å². The molecule has 2 aromatic rings. The molecule has 0 radical (unpaired) electrons. The van der Waals surface area contributed by atoms with Gasteiger partial charge in [-0.1, -0.05) is 190 Å². The van der Waals surface area contributed by atoms with Gasteiger partial charge in [-0.15, -0.1) is 0 Å². The van der Waals surface area contributed by atoms with Gasteiger partial charge >= 0.3 is 0 Å². The van der Waals surface area contributed by atoms with Crippen LogP contribution in [-0.2, 0) is 21.7 Å². The highest BCUT2D eigenvalue weighted by Gasteiger charge is 2.52. The van der Waals surface area contributed by atoms with E-state index in [1.807, 2.05) is 0 Å². The molecule has 2 aromatic carbocycles. The van der Waals surface area contributed by atoms with E-state index in [1.54, 1.807) is 0 Å². The Morgan fingerprint density at radius 1 is 0.328 bits per heavy atom. The van der Waals surface area contributed by atoms with E-state index in [2.05, 4.69) is 203 Å². The van der Waals surface area contributed by atoms with Gasteiger partial charge in [0.25, 0.3) is 33.3 Å². The van der Waals surface area contributed by atoms with Crippen molar-refractivity contribution < 1.29 is 17.7 Å². The monoisotopic (exact) mass is 947 g/mol. The van der Waals surface area contributed by atoms with Crippen LogP contribution in [0, 0.1) is 0 Å². The van der Waals surface area contributed by atoms with Crippen molar-refractivity contribution in [3.63, 3.8) is 0 Å². The van der Waals surface area contributed by atoms with E-state index in [4.69, 9.17) is 17.7 Å². The van der Waals surface area contributed by atoms with Crippen LogP contribution in [0.3, 0.4) is 0 Å². The molecule has 0 unspecified atom stereocenters. The molecule has 0 aromatic heterocycles. The van der Waals surface area contributed by atoms with Gasteiger partial charge in [-0.2, -0.15) is 0 Å². The van der Waals surface area contributed by atoms with E-state index in [0.29, 0.717) is 66.5 Å². The lowest BCUT2D eigenvalue weighted by molar-refractivity contribution is 0.438. The van der Waals surface area contributed by atoms with Crippen molar-refractivity contribution in [2.75, 3.05) is 0 Å². The summed E-state index contributed by atoms with van der Waals surface area (Å²) in [5.74, 6) is 4.51. The van der Waals surface area contributed by atoms with Gasteiger partial charge < -0.3 is 17.7 Å². The van der Waals surface area contributed by atoms with Gasteiger partial charge in [0.2, 0.25) is 0 Å². The Bertz CT molecular complexity index is 1720. The van der Waals surface area contributed by atoms with Gasteiger partial charge in [-0.05, 0) is 103 Å². The fourth-order valence-electron chi connectivity index (χ4n) is 14.2. The normalized spacial score (nSPS) is 15.5. The topological polar surface area (TPSA) is 36.9 Å². The van der Waals surface area contributed by atoms with Crippen molar-refractivity contribution in [1.29, 1.82) is 0 Å². The third-order valence-corrected chi connectivity index (χ3v) is 40.8. The van der Waals surface area contributed by atoms with Gasteiger partial charge in [0.1, 0.15) is 23.0 Å². The second kappa shape index (κ2) is 21.1. The Hall–Kier alpha value is -2.01. The molecular formula is C56H98O4Si4. The lowest BCUT2D eigenvalue weighted by atomic mass is 10.0. The summed E-state index contributed by atoms with van der Waals surface area (Å²) in [4.78, 5) is 0. The standard InChI is InChI=1S/C56H98O4Si4/c1-35(2)61(36(3)4,37(5)6)57-53-29-25-27-49-51(53)33-47(55(49)59-63(41(13)14,42(15)16)43(17)18)31-32-48-34-52-50(56(48)60-64(44(19)20,45(21)22)46(23)24)28-26-30-54(52)58-62(38(7)8,39(9)10)40(11)12/h25-30,35-46H,31-34H2,1-24H3. The molecule has 362 valence electrons. The number of hydrogen-bond acceptors (Lipinski definition) is 4. The number of hydrogen-bond donors (Lipinski definition) is 0. The molecule has 0 saturated heterocycles. The Morgan fingerprint density at radius 3 is 0.766 bits per heavy atom. The highest BCUT2D eigenvalue weighted by atomic mass is 28.4. The van der Waals surface area contributed by atoms with Crippen LogP contribution in [0.2, 0.25) is 66.5 Å². The van der Waals surface area contributed by atoms with Crippen molar-refractivity contribution in [3.05, 3.63) is 69.8 Å². The molecule has 2 aliphatic rings. The molecule has 8 heteroatoms. The molecule has 0 atom stereocenters. The van der Waals surface area contributed by atoms with E-state index in [0.717, 1.165) is 48.7 Å². The van der Waals surface area contributed by atoms with Crippen LogP contribution in [0.15, 0.2) is 47.5 Å². The minimum Gasteiger partial charge on any atom is -0.542 e. The third kappa shape index (κ3) is 9.66. The van der Waals surface area contributed by atoms with Crippen molar-refractivity contribution in [2.24, 2.45) is 0 Å². The summed E-state index contributed by atoms with van der Waals surface area (Å²) in [5.41, 5.74) is 13.8. The molecule has 2 aliphatic carbocycles. The summed E-state index contributed by atoms with van der Waals surface area (Å²) < 4.78 is 31.0. The highest BCUT2D eigenvalue weighted by molar-refractivity contribution is 6.80. The van der Waals surface area contributed by atoms with Crippen LogP contribution >= 0.6 is 0 Å². The van der Waals surface area contributed by atoms with Crippen molar-refractivity contribution in [2.45, 2.75) is 258 Å². The molecule has 4 rings (SSSR count). The zero-order valence-corrected chi connectivity index (χ0v) is 49.9. The van der Waals surface area contributed by atoms with E-state index >= 15 is 0 Å². The molecule has 0 spiro atoms. The third-order valence-electron chi connectivity index (χ3n) is 16.9. The second-order valence-corrected chi connectivity index (χ2v) is 45.5. The minimum absolute atomic E-state index is 0.470. The molecule has 0 bridgehead atoms. The lowest BCUT2D eigenvalue weighted by Gasteiger charge is -2.43. The Labute approximate surface area is 400 Å². The maximum atomic E-state index is 7.89. The first-order valence-corrected chi connectivity index (χ1v) is 34.6. The average Bonchev–Trinajstić information content (AvgIpc) is 3.71. The number of benzene rings is 2. The lowest BCUT2D eigenvalue weighted by Crippen LogP contribution is -2.50. The van der Waals surface area contributed by atoms with Crippen molar-refractivity contribution in [3.8, 4) is 11.5 Å². The van der Waals surface area contributed by atoms with Gasteiger partial charge in [-0.25, -0.2) is 0 Å². The fourth-order valence-corrected chi connectivity index (χ4v) is 35.4. The molecule has 0 saturated carbocycles. The molecule has 4 nitrogen and oxygen atoms in total. The summed E-state index contributed by atoms with van der Waals surface area (Å²) in [6.45, 7) is 57.8. The summed E-state index contributed by atoms with van der Waals surface area (Å²) in [5, 5.41) is 0. The molecule has 0 amide bonds. The smallest absolute Gasteiger partial charge is 0.258 e. The van der Waals surface area contributed by atoms with Gasteiger partial charge in [0, 0.05) is 35.1 Å². The van der Waals surface area contributed by atoms with Crippen LogP contribution in [0.5, 0.6) is 11.5 Å². The van der Waals surface area contributed by atoms with Crippen LogP contribution in [-0.4, -0.2) is 33.3 Å². The zero-order chi connectivity index (χ0) is 48.6. The molecule has 0 heterocycles. The fraction of sp³-hybridized carbons (Fsp3) is 0.714. The maximum Gasteiger partial charge on any atom is 0.258 e. The first kappa shape index (κ1) is 54.6. The predicted octanol–water partition coefficient (Wildman–Crippen LogP) is 19.2. The summed E-state index contributed by atoms with van der Waals surface area (Å²) in [7, 11) is -9.05.